The highest BCUT2D eigenvalue weighted by Crippen LogP contribution is 2.15. The highest BCUT2D eigenvalue weighted by atomic mass is 32.1. The van der Waals surface area contributed by atoms with Gasteiger partial charge >= 0.3 is 0 Å². The predicted octanol–water partition coefficient (Wildman–Crippen LogP) is 3.15. The quantitative estimate of drug-likeness (QED) is 0.388. The molecule has 5 nitrogen and oxygen atoms in total. The lowest BCUT2D eigenvalue weighted by atomic mass is 10.3. The molecule has 0 saturated carbocycles. The van der Waals surface area contributed by atoms with Crippen LogP contribution in [0.3, 0.4) is 0 Å². The number of thiocarbonyl (C=S) groups is 2. The second-order valence-electron chi connectivity index (χ2n) is 4.36. The van der Waals surface area contributed by atoms with Crippen molar-refractivity contribution in [2.45, 2.75) is 13.3 Å². The Kier molecular flexibility index (Phi) is 10.4. The minimum Gasteiger partial charge on any atom is -0.379 e. The summed E-state index contributed by atoms with van der Waals surface area (Å²) in [6.07, 6.45) is 1.03. The molecule has 1 aromatic rings. The Labute approximate surface area is 142 Å². The van der Waals surface area contributed by atoms with Crippen LogP contribution in [0, 0.1) is 0 Å². The Morgan fingerprint density at radius 2 is 1.82 bits per heavy atom. The van der Waals surface area contributed by atoms with Crippen molar-refractivity contribution in [3.05, 3.63) is 24.3 Å². The molecule has 22 heavy (non-hydrogen) atoms. The van der Waals surface area contributed by atoms with Crippen LogP contribution in [0.4, 0.5) is 11.4 Å². The topological polar surface area (TPSA) is 54.9 Å². The number of nitrogens with zero attached hydrogens (tertiary/aromatic N) is 1. The van der Waals surface area contributed by atoms with Crippen LogP contribution in [-0.4, -0.2) is 43.2 Å². The van der Waals surface area contributed by atoms with E-state index in [1.165, 1.54) is 0 Å². The fourth-order valence-electron chi connectivity index (χ4n) is 1.55. The van der Waals surface area contributed by atoms with E-state index in [1.807, 2.05) is 24.3 Å². The lowest BCUT2D eigenvalue weighted by Crippen LogP contribution is -2.31. The molecule has 1 rings (SSSR count). The van der Waals surface area contributed by atoms with Crippen molar-refractivity contribution < 1.29 is 9.47 Å². The van der Waals surface area contributed by atoms with E-state index in [1.54, 1.807) is 0 Å². The van der Waals surface area contributed by atoms with Crippen LogP contribution in [0.5, 0.6) is 0 Å². The third-order valence-corrected chi connectivity index (χ3v) is 2.89. The van der Waals surface area contributed by atoms with E-state index >= 15 is 0 Å². The first-order chi connectivity index (χ1) is 10.8. The lowest BCUT2D eigenvalue weighted by molar-refractivity contribution is 0.0501. The van der Waals surface area contributed by atoms with Gasteiger partial charge in [0.05, 0.1) is 30.7 Å². The summed E-state index contributed by atoms with van der Waals surface area (Å²) in [4.78, 5) is 3.89. The zero-order valence-electron chi connectivity index (χ0n) is 12.6. The summed E-state index contributed by atoms with van der Waals surface area (Å²) in [5.41, 5.74) is 1.65. The number of ether oxygens (including phenoxy) is 2. The number of hydrogen-bond donors (Lipinski definition) is 2. The van der Waals surface area contributed by atoms with Gasteiger partial charge in [-0.2, -0.15) is 4.99 Å². The smallest absolute Gasteiger partial charge is 0.170 e. The average molecular weight is 339 g/mol. The van der Waals surface area contributed by atoms with Crippen molar-refractivity contribution >= 4 is 46.1 Å². The Morgan fingerprint density at radius 3 is 2.45 bits per heavy atom. The monoisotopic (exact) mass is 339 g/mol. The molecule has 0 aliphatic rings. The van der Waals surface area contributed by atoms with Gasteiger partial charge in [-0.1, -0.05) is 6.92 Å². The summed E-state index contributed by atoms with van der Waals surface area (Å²) in [7, 11) is 0. The number of nitrogens with one attached hydrogen (secondary N) is 2. The molecule has 0 radical (unpaired) electrons. The molecule has 120 valence electrons. The third-order valence-electron chi connectivity index (χ3n) is 2.55. The van der Waals surface area contributed by atoms with E-state index in [0.717, 1.165) is 24.4 Å². The molecular formula is C15H21N3O2S2. The zero-order chi connectivity index (χ0) is 16.0. The highest BCUT2D eigenvalue weighted by molar-refractivity contribution is 7.80. The molecule has 0 saturated heterocycles. The third kappa shape index (κ3) is 8.81. The molecule has 7 heteroatoms. The van der Waals surface area contributed by atoms with Crippen molar-refractivity contribution in [3.63, 3.8) is 0 Å². The van der Waals surface area contributed by atoms with Gasteiger partial charge in [0.25, 0.3) is 0 Å². The zero-order valence-corrected chi connectivity index (χ0v) is 14.3. The van der Waals surface area contributed by atoms with Crippen molar-refractivity contribution in [1.82, 2.24) is 5.32 Å². The molecule has 0 heterocycles. The van der Waals surface area contributed by atoms with Crippen LogP contribution < -0.4 is 10.6 Å². The Hall–Kier alpha value is -1.37. The number of isothiocyanates is 1. The maximum absolute atomic E-state index is 5.42. The maximum atomic E-state index is 5.42. The van der Waals surface area contributed by atoms with Gasteiger partial charge in [-0.25, -0.2) is 0 Å². The summed E-state index contributed by atoms with van der Waals surface area (Å²) in [6, 6.07) is 7.43. The largest absolute Gasteiger partial charge is 0.379 e. The first-order valence-corrected chi connectivity index (χ1v) is 7.96. The van der Waals surface area contributed by atoms with Gasteiger partial charge in [-0.05, 0) is 55.1 Å². The first kappa shape index (κ1) is 18.7. The van der Waals surface area contributed by atoms with Crippen molar-refractivity contribution in [2.75, 3.05) is 38.3 Å². The first-order valence-electron chi connectivity index (χ1n) is 7.14. The number of hydrogen-bond acceptors (Lipinski definition) is 5. The van der Waals surface area contributed by atoms with Crippen LogP contribution in [0.15, 0.2) is 29.3 Å². The van der Waals surface area contributed by atoms with E-state index in [4.69, 9.17) is 21.7 Å². The van der Waals surface area contributed by atoms with Crippen molar-refractivity contribution in [2.24, 2.45) is 4.99 Å². The SMILES string of the molecule is CCCOCCOCCNC(=S)Nc1ccc(N=C=S)cc1. The van der Waals surface area contributed by atoms with E-state index in [2.05, 4.69) is 39.9 Å². The molecule has 0 aliphatic heterocycles. The minimum absolute atomic E-state index is 0.553. The van der Waals surface area contributed by atoms with E-state index < -0.39 is 0 Å². The van der Waals surface area contributed by atoms with Gasteiger partial charge in [-0.3, -0.25) is 0 Å². The molecule has 0 amide bonds. The molecule has 0 bridgehead atoms. The maximum Gasteiger partial charge on any atom is 0.170 e. The van der Waals surface area contributed by atoms with Gasteiger partial charge in [0.15, 0.2) is 5.11 Å². The summed E-state index contributed by atoms with van der Waals surface area (Å²) in [6.45, 7) is 5.32. The molecule has 0 fully saturated rings. The standard InChI is InChI=1S/C15H21N3O2S2/c1-2-8-19-10-11-20-9-7-16-15(22)18-14-5-3-13(4-6-14)17-12-21/h3-6H,2,7-11H2,1H3,(H2,16,18,22). The van der Waals surface area contributed by atoms with Gasteiger partial charge in [0.2, 0.25) is 0 Å². The molecule has 0 atom stereocenters. The number of rotatable bonds is 10. The van der Waals surface area contributed by atoms with E-state index in [0.29, 0.717) is 31.5 Å². The Morgan fingerprint density at radius 1 is 1.14 bits per heavy atom. The van der Waals surface area contributed by atoms with Crippen molar-refractivity contribution in [1.29, 1.82) is 0 Å². The molecule has 0 aromatic heterocycles. The van der Waals surface area contributed by atoms with Gasteiger partial charge in [0.1, 0.15) is 0 Å². The minimum atomic E-state index is 0.553. The number of anilines is 1. The highest BCUT2D eigenvalue weighted by Gasteiger charge is 1.97. The number of benzene rings is 1. The molecule has 0 unspecified atom stereocenters. The lowest BCUT2D eigenvalue weighted by Gasteiger charge is -2.11. The molecule has 2 N–H and O–H groups in total. The van der Waals surface area contributed by atoms with Gasteiger partial charge in [-0.15, -0.1) is 0 Å². The fraction of sp³-hybridized carbons (Fsp3) is 0.467. The van der Waals surface area contributed by atoms with Crippen LogP contribution in [0.25, 0.3) is 0 Å². The van der Waals surface area contributed by atoms with Crippen LogP contribution in [0.2, 0.25) is 0 Å². The summed E-state index contributed by atoms with van der Waals surface area (Å²) in [5, 5.41) is 9.04. The van der Waals surface area contributed by atoms with Gasteiger partial charge < -0.3 is 20.1 Å². The predicted molar refractivity (Wildman–Crippen MR) is 97.3 cm³/mol. The Bertz CT molecular complexity index is 488. The molecule has 0 aliphatic carbocycles. The van der Waals surface area contributed by atoms with Crippen molar-refractivity contribution in [3.8, 4) is 0 Å². The average Bonchev–Trinajstić information content (AvgIpc) is 2.52. The fourth-order valence-corrected chi connectivity index (χ4v) is 1.88. The second-order valence-corrected chi connectivity index (χ2v) is 4.95. The summed E-state index contributed by atoms with van der Waals surface area (Å²) in [5.74, 6) is 0. The van der Waals surface area contributed by atoms with Crippen LogP contribution in [-0.2, 0) is 9.47 Å². The molecular weight excluding hydrogens is 318 g/mol. The second kappa shape index (κ2) is 12.2. The van der Waals surface area contributed by atoms with E-state index in [-0.39, 0.29) is 0 Å². The van der Waals surface area contributed by atoms with Crippen LogP contribution >= 0.6 is 24.4 Å². The summed E-state index contributed by atoms with van der Waals surface area (Å²) >= 11 is 9.75. The number of aliphatic imine (C=N–C) groups is 1. The van der Waals surface area contributed by atoms with Crippen LogP contribution in [0.1, 0.15) is 13.3 Å². The van der Waals surface area contributed by atoms with Gasteiger partial charge in [0, 0.05) is 18.8 Å². The molecule has 1 aromatic carbocycles. The normalized spacial score (nSPS) is 9.86. The molecule has 0 spiro atoms. The Balaban J connectivity index is 2.11. The summed E-state index contributed by atoms with van der Waals surface area (Å²) < 4.78 is 10.7. The van der Waals surface area contributed by atoms with E-state index in [9.17, 15) is 0 Å².